The lowest BCUT2D eigenvalue weighted by Gasteiger charge is -2.43. The number of carbonyl (C=O) groups is 9. The largest absolute Gasteiger partial charge is 0.494 e. The molecule has 4 fully saturated rings. The van der Waals surface area contributed by atoms with Gasteiger partial charge in [-0.25, -0.2) is 0 Å². The van der Waals surface area contributed by atoms with Gasteiger partial charge in [-0.3, -0.25) is 48.1 Å². The lowest BCUT2D eigenvalue weighted by atomic mass is 9.76. The van der Waals surface area contributed by atoms with Gasteiger partial charge in [0.1, 0.15) is 48.0 Å². The molecule has 0 unspecified atom stereocenters. The van der Waals surface area contributed by atoms with Crippen molar-refractivity contribution in [1.82, 2.24) is 36.8 Å². The third-order valence-electron chi connectivity index (χ3n) is 15.6. The molecule has 2 heterocycles. The van der Waals surface area contributed by atoms with E-state index in [1.54, 1.807) is 50.2 Å². The standard InChI is InChI=1S/C56H82N12O10S2/c1-4-78-38-24-22-35(23-25-38)29-40-49(72)64-41(28-34-14-6-5-7-15-34)51(74)67-47(33(2)3)53(76)65-42(30-45(57)69)50(73)66-43(32-79-80-56(31-46(70)62-40,36-16-8-9-17-36)37-18-10-11-19-37)54(77)68-27-13-21-44(68)52(75)63-39(48(58)71)20-12-26-61-55(59)60/h5-7,14-15,22-25,33,36-37,39-44,47H,4,8-13,16-21,26-32H2,1-3H3,(H2,57,69)(H2,58,71)(H,62,70)(H,63,75)(H,64,72)(H,65,76)(H,66,73)(H,67,74)(H4,59,60,61)/t39-,40-,41-,42-,43-,44+,47-/m0/s1. The van der Waals surface area contributed by atoms with Crippen molar-refractivity contribution < 1.29 is 47.9 Å². The molecule has 7 atom stereocenters. The van der Waals surface area contributed by atoms with Crippen molar-refractivity contribution in [1.29, 1.82) is 0 Å². The third kappa shape index (κ3) is 17.7. The van der Waals surface area contributed by atoms with Crippen molar-refractivity contribution in [3.05, 3.63) is 65.7 Å². The Labute approximate surface area is 476 Å². The second-order valence-electron chi connectivity index (χ2n) is 21.7. The first-order valence-corrected chi connectivity index (χ1v) is 30.4. The number of aliphatic imine (C=N–C) groups is 1. The van der Waals surface area contributed by atoms with Gasteiger partial charge in [0, 0.05) is 42.9 Å². The molecule has 0 spiro atoms. The number of hydrogen-bond acceptors (Lipinski definition) is 13. The molecule has 438 valence electrons. The van der Waals surface area contributed by atoms with Gasteiger partial charge in [-0.05, 0) is 99.3 Å². The third-order valence-corrected chi connectivity index (χ3v) is 19.0. The first-order valence-electron chi connectivity index (χ1n) is 28.1. The molecule has 2 aromatic carbocycles. The zero-order chi connectivity index (χ0) is 57.9. The normalized spacial score (nSPS) is 24.4. The average Bonchev–Trinajstić information content (AvgIpc) is 4.27. The molecule has 2 saturated heterocycles. The van der Waals surface area contributed by atoms with E-state index in [0.717, 1.165) is 56.9 Å². The number of nitrogens with zero attached hydrogens (tertiary/aromatic N) is 2. The van der Waals surface area contributed by atoms with Crippen LogP contribution in [0.2, 0.25) is 0 Å². The zero-order valence-electron chi connectivity index (χ0n) is 46.2. The summed E-state index contributed by atoms with van der Waals surface area (Å²) in [5.74, 6) is -6.55. The summed E-state index contributed by atoms with van der Waals surface area (Å²) in [6.07, 6.45) is 7.67. The summed E-state index contributed by atoms with van der Waals surface area (Å²) < 4.78 is 4.99. The lowest BCUT2D eigenvalue weighted by molar-refractivity contribution is -0.142. The maximum Gasteiger partial charge on any atom is 0.246 e. The summed E-state index contributed by atoms with van der Waals surface area (Å²) in [6, 6.07) is 7.32. The number of ether oxygens (including phenoxy) is 1. The van der Waals surface area contributed by atoms with Crippen LogP contribution in [0.5, 0.6) is 5.75 Å². The molecule has 0 bridgehead atoms. The van der Waals surface area contributed by atoms with E-state index >= 15 is 9.59 Å². The summed E-state index contributed by atoms with van der Waals surface area (Å²) in [5, 5.41) is 17.0. The molecule has 2 aliphatic carbocycles. The number of likely N-dealkylation sites (tertiary alicyclic amines) is 1. The number of rotatable bonds is 19. The molecular formula is C56H82N12O10S2. The molecule has 0 radical (unpaired) electrons. The van der Waals surface area contributed by atoms with Gasteiger partial charge in [-0.1, -0.05) is 104 Å². The zero-order valence-corrected chi connectivity index (χ0v) is 47.8. The first-order chi connectivity index (χ1) is 38.3. The topological polar surface area (TPSA) is 355 Å². The molecule has 9 amide bonds. The van der Waals surface area contributed by atoms with E-state index in [2.05, 4.69) is 36.9 Å². The monoisotopic (exact) mass is 1150 g/mol. The number of nitrogens with two attached hydrogens (primary N) is 4. The Morgan fingerprint density at radius 1 is 0.738 bits per heavy atom. The van der Waals surface area contributed by atoms with E-state index in [1.165, 1.54) is 26.5 Å². The summed E-state index contributed by atoms with van der Waals surface area (Å²) >= 11 is 0. The van der Waals surface area contributed by atoms with Crippen molar-refractivity contribution in [2.75, 3.05) is 25.4 Å². The minimum Gasteiger partial charge on any atom is -0.494 e. The smallest absolute Gasteiger partial charge is 0.246 e. The molecule has 2 saturated carbocycles. The molecule has 24 heteroatoms. The minimum absolute atomic E-state index is 0.00296. The van der Waals surface area contributed by atoms with Gasteiger partial charge >= 0.3 is 0 Å². The Balaban J connectivity index is 1.41. The molecule has 2 aliphatic heterocycles. The van der Waals surface area contributed by atoms with Crippen LogP contribution in [0.25, 0.3) is 0 Å². The molecule has 4 aliphatic rings. The van der Waals surface area contributed by atoms with Gasteiger partial charge < -0.3 is 64.5 Å². The summed E-state index contributed by atoms with van der Waals surface area (Å²) in [6.45, 7) is 5.97. The Bertz CT molecular complexity index is 2490. The van der Waals surface area contributed by atoms with Crippen molar-refractivity contribution in [3.63, 3.8) is 0 Å². The number of benzene rings is 2. The van der Waals surface area contributed by atoms with Crippen LogP contribution in [-0.4, -0.2) is 137 Å². The number of primary amides is 2. The summed E-state index contributed by atoms with van der Waals surface area (Å²) in [4.78, 5) is 133. The predicted octanol–water partition coefficient (Wildman–Crippen LogP) is 1.74. The van der Waals surface area contributed by atoms with Gasteiger partial charge in [0.25, 0.3) is 0 Å². The Morgan fingerprint density at radius 3 is 1.91 bits per heavy atom. The maximum absolute atomic E-state index is 15.1. The molecule has 6 rings (SSSR count). The molecule has 14 N–H and O–H groups in total. The fourth-order valence-corrected chi connectivity index (χ4v) is 15.3. The average molecular weight is 1150 g/mol. The van der Waals surface area contributed by atoms with E-state index in [9.17, 15) is 33.6 Å². The van der Waals surface area contributed by atoms with Crippen molar-refractivity contribution in [3.8, 4) is 5.75 Å². The van der Waals surface area contributed by atoms with Crippen molar-refractivity contribution in [2.45, 2.75) is 171 Å². The van der Waals surface area contributed by atoms with Crippen LogP contribution in [0, 0.1) is 17.8 Å². The quantitative estimate of drug-likeness (QED) is 0.0415. The number of guanidine groups is 1. The van der Waals surface area contributed by atoms with E-state index in [-0.39, 0.29) is 74.6 Å². The van der Waals surface area contributed by atoms with Gasteiger partial charge in [-0.15, -0.1) is 0 Å². The molecule has 2 aromatic rings. The highest BCUT2D eigenvalue weighted by molar-refractivity contribution is 8.77. The van der Waals surface area contributed by atoms with Crippen LogP contribution in [0.15, 0.2) is 59.6 Å². The van der Waals surface area contributed by atoms with Gasteiger partial charge in [0.05, 0.1) is 13.0 Å². The van der Waals surface area contributed by atoms with E-state index in [4.69, 9.17) is 27.7 Å². The highest BCUT2D eigenvalue weighted by Crippen LogP contribution is 2.57. The van der Waals surface area contributed by atoms with E-state index < -0.39 is 107 Å². The fourth-order valence-electron chi connectivity index (χ4n) is 11.5. The maximum atomic E-state index is 15.1. The van der Waals surface area contributed by atoms with Crippen LogP contribution in [-0.2, 0) is 56.0 Å². The van der Waals surface area contributed by atoms with Crippen molar-refractivity contribution in [2.24, 2.45) is 45.7 Å². The SMILES string of the molecule is CCOc1ccc(C[C@@H]2NC(=O)CC(C3CCCC3)(C3CCCC3)SSC[C@@H](C(=O)N3CCC[C@@H]3C(=O)N[C@@H](CCCN=C(N)N)C(N)=O)NC(=O)[C@H](CC(N)=O)NC(=O)[C@H](C(C)C)NC(=O)[C@H](Cc3ccccc3)NC2=O)cc1. The van der Waals surface area contributed by atoms with Crippen LogP contribution < -0.4 is 59.6 Å². The highest BCUT2D eigenvalue weighted by atomic mass is 33.1. The second-order valence-corrected chi connectivity index (χ2v) is 24.4. The van der Waals surface area contributed by atoms with Gasteiger partial charge in [0.15, 0.2) is 5.96 Å². The number of amides is 9. The number of hydrogen-bond donors (Lipinski definition) is 10. The molecule has 80 heavy (non-hydrogen) atoms. The highest BCUT2D eigenvalue weighted by Gasteiger charge is 2.50. The van der Waals surface area contributed by atoms with E-state index in [0.29, 0.717) is 30.8 Å². The molecule has 0 aromatic heterocycles. The number of nitrogens with one attached hydrogen (secondary N) is 6. The number of carbonyl (C=O) groups excluding carboxylic acids is 9. The fraction of sp³-hybridized carbons (Fsp3) is 0.607. The summed E-state index contributed by atoms with van der Waals surface area (Å²) in [7, 11) is 2.83. The van der Waals surface area contributed by atoms with Gasteiger partial charge in [-0.2, -0.15) is 0 Å². The van der Waals surface area contributed by atoms with Crippen LogP contribution in [0.3, 0.4) is 0 Å². The van der Waals surface area contributed by atoms with Crippen LogP contribution in [0.4, 0.5) is 0 Å². The summed E-state index contributed by atoms with van der Waals surface area (Å²) in [5.41, 5.74) is 23.7. The first kappa shape index (κ1) is 62.6. The molecular weight excluding hydrogens is 1060 g/mol. The lowest BCUT2D eigenvalue weighted by Crippen LogP contribution is -2.61. The predicted molar refractivity (Wildman–Crippen MR) is 307 cm³/mol. The van der Waals surface area contributed by atoms with Crippen LogP contribution in [0.1, 0.15) is 122 Å². The van der Waals surface area contributed by atoms with Crippen LogP contribution >= 0.6 is 21.6 Å². The Kier molecular flexibility index (Phi) is 23.7. The minimum atomic E-state index is -1.63. The van der Waals surface area contributed by atoms with Gasteiger partial charge in [0.2, 0.25) is 53.2 Å². The molecule has 22 nitrogen and oxygen atoms in total. The Hall–Kier alpha value is -6.56. The van der Waals surface area contributed by atoms with Crippen molar-refractivity contribution >= 4 is 80.7 Å². The van der Waals surface area contributed by atoms with E-state index in [1.807, 2.05) is 25.1 Å². The Morgan fingerprint density at radius 2 is 1.32 bits per heavy atom. The second kappa shape index (κ2) is 30.3.